The molecule has 1 heterocycles. The van der Waals surface area contributed by atoms with Crippen LogP contribution in [0.25, 0.3) is 11.6 Å². The van der Waals surface area contributed by atoms with Crippen molar-refractivity contribution >= 4 is 29.4 Å². The van der Waals surface area contributed by atoms with Gasteiger partial charge in [-0.25, -0.2) is 5.48 Å². The second-order valence-electron chi connectivity index (χ2n) is 9.19. The van der Waals surface area contributed by atoms with Crippen LogP contribution in [0.2, 0.25) is 0 Å². The minimum atomic E-state index is -0.578. The van der Waals surface area contributed by atoms with E-state index >= 15 is 0 Å². The molecule has 0 bridgehead atoms. The van der Waals surface area contributed by atoms with Crippen LogP contribution in [0.4, 0.5) is 0 Å². The Morgan fingerprint density at radius 1 is 0.861 bits per heavy atom. The molecule has 3 N–H and O–H groups in total. The van der Waals surface area contributed by atoms with Gasteiger partial charge in [0.2, 0.25) is 0 Å². The van der Waals surface area contributed by atoms with Crippen molar-refractivity contribution in [3.8, 4) is 0 Å². The van der Waals surface area contributed by atoms with Gasteiger partial charge in [0.1, 0.15) is 0 Å². The summed E-state index contributed by atoms with van der Waals surface area (Å²) in [7, 11) is 0. The zero-order chi connectivity index (χ0) is 25.1. The molecule has 1 fully saturated rings. The first-order valence-corrected chi connectivity index (χ1v) is 12.1. The number of hydroxylamine groups is 1. The second kappa shape index (κ2) is 10.2. The largest absolute Gasteiger partial charge is 0.349 e. The molecule has 7 nitrogen and oxygen atoms in total. The van der Waals surface area contributed by atoms with E-state index < -0.39 is 5.91 Å². The molecule has 0 unspecified atom stereocenters. The summed E-state index contributed by atoms with van der Waals surface area (Å²) in [5.41, 5.74) is 6.81. The topological polar surface area (TPSA) is 98.7 Å². The van der Waals surface area contributed by atoms with Crippen molar-refractivity contribution in [3.63, 3.8) is 0 Å². The van der Waals surface area contributed by atoms with Crippen molar-refractivity contribution < 1.29 is 19.6 Å². The molecule has 1 saturated carbocycles. The monoisotopic (exact) mass is 481 g/mol. The summed E-state index contributed by atoms with van der Waals surface area (Å²) < 4.78 is 0. The highest BCUT2D eigenvalue weighted by Gasteiger charge is 2.26. The molecule has 0 radical (unpaired) electrons. The van der Waals surface area contributed by atoms with E-state index in [4.69, 9.17) is 5.21 Å². The Bertz CT molecular complexity index is 1330. The molecule has 0 saturated heterocycles. The Morgan fingerprint density at radius 2 is 1.58 bits per heavy atom. The van der Waals surface area contributed by atoms with Crippen LogP contribution < -0.4 is 10.8 Å². The molecule has 5 rings (SSSR count). The number of nitrogens with zero attached hydrogens (tertiary/aromatic N) is 1. The lowest BCUT2D eigenvalue weighted by Crippen LogP contribution is -2.36. The molecule has 2 aliphatic rings. The number of rotatable bonds is 6. The average Bonchev–Trinajstić information content (AvgIpc) is 3.75. The summed E-state index contributed by atoms with van der Waals surface area (Å²) in [6, 6.07) is 22.3. The maximum absolute atomic E-state index is 13.2. The van der Waals surface area contributed by atoms with E-state index in [1.165, 1.54) is 0 Å². The maximum Gasteiger partial charge on any atom is 0.274 e. The van der Waals surface area contributed by atoms with Crippen molar-refractivity contribution in [2.24, 2.45) is 0 Å². The van der Waals surface area contributed by atoms with Crippen molar-refractivity contribution in [1.82, 2.24) is 15.7 Å². The summed E-state index contributed by atoms with van der Waals surface area (Å²) in [5.74, 6) is -0.765. The van der Waals surface area contributed by atoms with Crippen LogP contribution in [-0.2, 0) is 17.8 Å². The van der Waals surface area contributed by atoms with Gasteiger partial charge in [-0.05, 0) is 71.9 Å². The van der Waals surface area contributed by atoms with Gasteiger partial charge in [0, 0.05) is 35.8 Å². The third-order valence-corrected chi connectivity index (χ3v) is 6.58. The third kappa shape index (κ3) is 5.21. The Kier molecular flexibility index (Phi) is 6.64. The molecule has 0 aromatic heterocycles. The number of hydrogen-bond donors (Lipinski definition) is 3. The van der Waals surface area contributed by atoms with E-state index in [-0.39, 0.29) is 17.9 Å². The number of benzene rings is 3. The minimum Gasteiger partial charge on any atom is -0.349 e. The lowest BCUT2D eigenvalue weighted by atomic mass is 9.96. The van der Waals surface area contributed by atoms with Crippen molar-refractivity contribution in [1.29, 1.82) is 0 Å². The molecule has 36 heavy (non-hydrogen) atoms. The molecule has 1 aliphatic carbocycles. The summed E-state index contributed by atoms with van der Waals surface area (Å²) in [4.78, 5) is 39.6. The molecular formula is C29H27N3O4. The van der Waals surface area contributed by atoms with Crippen molar-refractivity contribution in [3.05, 3.63) is 106 Å². The third-order valence-electron chi connectivity index (χ3n) is 6.58. The average molecular weight is 482 g/mol. The SMILES string of the molecule is O=C(NC1CC1)/C(=C/c1ccc(C(=O)N2CCc3ccc(C(=O)NO)cc3C2)cc1)c1ccccc1. The van der Waals surface area contributed by atoms with Crippen LogP contribution >= 0.6 is 0 Å². The van der Waals surface area contributed by atoms with Crippen LogP contribution in [0.5, 0.6) is 0 Å². The van der Waals surface area contributed by atoms with Gasteiger partial charge in [-0.2, -0.15) is 0 Å². The van der Waals surface area contributed by atoms with Crippen LogP contribution in [0.1, 0.15) is 55.8 Å². The predicted octanol–water partition coefficient (Wildman–Crippen LogP) is 3.82. The number of fused-ring (bicyclic) bond motifs is 1. The fourth-order valence-electron chi connectivity index (χ4n) is 4.40. The van der Waals surface area contributed by atoms with Crippen LogP contribution in [0.15, 0.2) is 72.8 Å². The number of amides is 3. The molecule has 3 aromatic carbocycles. The zero-order valence-electron chi connectivity index (χ0n) is 19.7. The fraction of sp³-hybridized carbons (Fsp3) is 0.207. The summed E-state index contributed by atoms with van der Waals surface area (Å²) >= 11 is 0. The quantitative estimate of drug-likeness (QED) is 0.216. The Morgan fingerprint density at radius 3 is 2.28 bits per heavy atom. The lowest BCUT2D eigenvalue weighted by Gasteiger charge is -2.29. The minimum absolute atomic E-state index is 0.0925. The Hall–Kier alpha value is -4.23. The van der Waals surface area contributed by atoms with Crippen LogP contribution in [-0.4, -0.2) is 40.4 Å². The van der Waals surface area contributed by atoms with E-state index in [0.717, 1.165) is 35.1 Å². The molecule has 7 heteroatoms. The van der Waals surface area contributed by atoms with Crippen LogP contribution in [0, 0.1) is 0 Å². The molecule has 182 valence electrons. The lowest BCUT2D eigenvalue weighted by molar-refractivity contribution is -0.115. The molecule has 3 aromatic rings. The van der Waals surface area contributed by atoms with Gasteiger partial charge in [-0.3, -0.25) is 19.6 Å². The van der Waals surface area contributed by atoms with E-state index in [1.807, 2.05) is 54.6 Å². The molecule has 0 spiro atoms. The molecule has 1 aliphatic heterocycles. The summed E-state index contributed by atoms with van der Waals surface area (Å²) in [6.07, 6.45) is 4.58. The molecule has 3 amide bonds. The first-order chi connectivity index (χ1) is 17.5. The Labute approximate surface area is 209 Å². The number of carbonyl (C=O) groups excluding carboxylic acids is 3. The highest BCUT2D eigenvalue weighted by Crippen LogP contribution is 2.25. The normalized spacial score (nSPS) is 15.1. The first kappa shape index (κ1) is 23.5. The maximum atomic E-state index is 13.2. The predicted molar refractivity (Wildman–Crippen MR) is 136 cm³/mol. The highest BCUT2D eigenvalue weighted by molar-refractivity contribution is 6.24. The van der Waals surface area contributed by atoms with E-state index in [9.17, 15) is 14.4 Å². The van der Waals surface area contributed by atoms with E-state index in [0.29, 0.717) is 36.2 Å². The summed E-state index contributed by atoms with van der Waals surface area (Å²) in [6.45, 7) is 0.973. The zero-order valence-corrected chi connectivity index (χ0v) is 19.7. The van der Waals surface area contributed by atoms with Gasteiger partial charge in [-0.1, -0.05) is 48.5 Å². The number of hydrogen-bond acceptors (Lipinski definition) is 4. The smallest absolute Gasteiger partial charge is 0.274 e. The van der Waals surface area contributed by atoms with Gasteiger partial charge >= 0.3 is 0 Å². The van der Waals surface area contributed by atoms with E-state index in [2.05, 4.69) is 5.32 Å². The van der Waals surface area contributed by atoms with Gasteiger partial charge < -0.3 is 10.2 Å². The fourth-order valence-corrected chi connectivity index (χ4v) is 4.40. The molecular weight excluding hydrogens is 454 g/mol. The highest BCUT2D eigenvalue weighted by atomic mass is 16.5. The summed E-state index contributed by atoms with van der Waals surface area (Å²) in [5, 5.41) is 12.0. The van der Waals surface area contributed by atoms with Gasteiger partial charge in [0.05, 0.1) is 0 Å². The Balaban J connectivity index is 1.33. The second-order valence-corrected chi connectivity index (χ2v) is 9.19. The number of carbonyl (C=O) groups is 3. The van der Waals surface area contributed by atoms with Crippen molar-refractivity contribution in [2.45, 2.75) is 31.8 Å². The van der Waals surface area contributed by atoms with Crippen molar-refractivity contribution in [2.75, 3.05) is 6.54 Å². The van der Waals surface area contributed by atoms with Crippen LogP contribution in [0.3, 0.4) is 0 Å². The standard InChI is InChI=1S/C29H27N3O4/c33-27(31-36)23-11-10-20-14-15-32(18-24(20)17-23)29(35)22-8-6-19(7-9-22)16-26(21-4-2-1-3-5-21)28(34)30-25-12-13-25/h1-11,16-17,25,36H,12-15,18H2,(H,30,34)(H,31,33)/b26-16+. The van der Waals surface area contributed by atoms with Gasteiger partial charge in [0.15, 0.2) is 0 Å². The van der Waals surface area contributed by atoms with Gasteiger partial charge in [0.25, 0.3) is 17.7 Å². The molecule has 0 atom stereocenters. The van der Waals surface area contributed by atoms with Gasteiger partial charge in [-0.15, -0.1) is 0 Å². The van der Waals surface area contributed by atoms with E-state index in [1.54, 1.807) is 34.6 Å². The number of nitrogens with one attached hydrogen (secondary N) is 2. The first-order valence-electron chi connectivity index (χ1n) is 12.1.